The van der Waals surface area contributed by atoms with Gasteiger partial charge in [0, 0.05) is 0 Å². The van der Waals surface area contributed by atoms with Gasteiger partial charge in [0.1, 0.15) is 22.9 Å². The van der Waals surface area contributed by atoms with Crippen LogP contribution in [0.5, 0.6) is 0 Å². The van der Waals surface area contributed by atoms with Crippen LogP contribution in [0.3, 0.4) is 0 Å². The lowest BCUT2D eigenvalue weighted by Gasteiger charge is -2.24. The summed E-state index contributed by atoms with van der Waals surface area (Å²) < 4.78 is 25.1. The largest absolute Gasteiger partial charge is 0.457 e. The first-order valence-corrected chi connectivity index (χ1v) is 12.8. The number of amides is 1. The molecule has 3 heterocycles. The summed E-state index contributed by atoms with van der Waals surface area (Å²) in [6.07, 6.45) is 1.46. The van der Waals surface area contributed by atoms with Crippen LogP contribution in [0.15, 0.2) is 64.3 Å². The number of fused-ring (bicyclic) bond motifs is 2. The van der Waals surface area contributed by atoms with E-state index >= 15 is 0 Å². The van der Waals surface area contributed by atoms with Gasteiger partial charge < -0.3 is 9.15 Å². The monoisotopic (exact) mass is 532 g/mol. The van der Waals surface area contributed by atoms with Crippen LogP contribution >= 0.6 is 11.3 Å². The van der Waals surface area contributed by atoms with Gasteiger partial charge in [-0.1, -0.05) is 69.0 Å². The van der Waals surface area contributed by atoms with Gasteiger partial charge in [-0.2, -0.15) is 0 Å². The van der Waals surface area contributed by atoms with E-state index in [0.717, 1.165) is 23.0 Å². The molecule has 0 aliphatic carbocycles. The highest BCUT2D eigenvalue weighted by atomic mass is 32.1. The van der Waals surface area contributed by atoms with Crippen molar-refractivity contribution in [1.29, 1.82) is 0 Å². The summed E-state index contributed by atoms with van der Waals surface area (Å²) in [6, 6.07) is 10.3. The summed E-state index contributed by atoms with van der Waals surface area (Å²) in [6.45, 7) is 11.5. The Kier molecular flexibility index (Phi) is 6.27. The molecule has 1 aliphatic heterocycles. The molecule has 0 fully saturated rings. The molecule has 2 aromatic heterocycles. The van der Waals surface area contributed by atoms with E-state index in [1.165, 1.54) is 23.1 Å². The van der Waals surface area contributed by atoms with Gasteiger partial charge in [-0.15, -0.1) is 0 Å². The van der Waals surface area contributed by atoms with Crippen LogP contribution in [-0.4, -0.2) is 23.5 Å². The number of halogens is 1. The molecule has 1 aliphatic rings. The van der Waals surface area contributed by atoms with Crippen LogP contribution in [0.2, 0.25) is 0 Å². The molecule has 1 amide bonds. The maximum Gasteiger partial charge on any atom is 0.350 e. The van der Waals surface area contributed by atoms with E-state index in [4.69, 9.17) is 9.15 Å². The Morgan fingerprint density at radius 3 is 2.58 bits per heavy atom. The number of aromatic nitrogens is 1. The molecular formula is C29H25FN2O5S. The van der Waals surface area contributed by atoms with Crippen LogP contribution in [0.1, 0.15) is 69.4 Å². The lowest BCUT2D eigenvalue weighted by molar-refractivity contribution is 0.0554. The lowest BCUT2D eigenvalue weighted by Crippen LogP contribution is -2.29. The van der Waals surface area contributed by atoms with Crippen molar-refractivity contribution >= 4 is 39.3 Å². The minimum absolute atomic E-state index is 0.0317. The summed E-state index contributed by atoms with van der Waals surface area (Å²) in [5.74, 6) is -1.89. The van der Waals surface area contributed by atoms with E-state index in [1.54, 1.807) is 6.92 Å². The quantitative estimate of drug-likeness (QED) is 0.228. The Morgan fingerprint density at radius 2 is 1.92 bits per heavy atom. The average molecular weight is 533 g/mol. The Morgan fingerprint density at radius 1 is 1.21 bits per heavy atom. The van der Waals surface area contributed by atoms with Gasteiger partial charge in [0.2, 0.25) is 5.76 Å². The molecular weight excluding hydrogens is 507 g/mol. The standard InChI is InChI=1S/C29H25FN2O5S/c1-6-13-36-27(35)25-15(2)31-28(38-25)32-22(16-7-9-17(10-8-16)29(3,4)5)21-23(33)19-14-18(30)11-12-20(19)37-24(21)26(32)34/h6-12,14,22H,1,13H2,2-5H3. The third-order valence-electron chi connectivity index (χ3n) is 6.43. The second-order valence-electron chi connectivity index (χ2n) is 10.1. The highest BCUT2D eigenvalue weighted by molar-refractivity contribution is 7.17. The van der Waals surface area contributed by atoms with Gasteiger partial charge >= 0.3 is 5.97 Å². The number of aryl methyl sites for hydroxylation is 1. The SMILES string of the molecule is C=CCOC(=O)c1sc(N2C(=O)c3oc4ccc(F)cc4c(=O)c3C2c2ccc(C(C)(C)C)cc2)nc1C. The second kappa shape index (κ2) is 9.33. The van der Waals surface area contributed by atoms with E-state index < -0.39 is 29.2 Å². The molecule has 5 rings (SSSR count). The highest BCUT2D eigenvalue weighted by Crippen LogP contribution is 2.43. The number of hydrogen-bond acceptors (Lipinski definition) is 7. The molecule has 38 heavy (non-hydrogen) atoms. The van der Waals surface area contributed by atoms with E-state index in [1.807, 2.05) is 24.3 Å². The van der Waals surface area contributed by atoms with Gasteiger partial charge in [-0.3, -0.25) is 14.5 Å². The third-order valence-corrected chi connectivity index (χ3v) is 7.57. The minimum atomic E-state index is -0.891. The predicted molar refractivity (Wildman–Crippen MR) is 144 cm³/mol. The van der Waals surface area contributed by atoms with Crippen LogP contribution in [0.4, 0.5) is 9.52 Å². The Hall–Kier alpha value is -4.11. The van der Waals surface area contributed by atoms with Crippen LogP contribution < -0.4 is 10.3 Å². The normalized spacial score (nSPS) is 15.1. The summed E-state index contributed by atoms with van der Waals surface area (Å²) in [5, 5.41) is 0.253. The van der Waals surface area contributed by atoms with E-state index in [9.17, 15) is 18.8 Å². The van der Waals surface area contributed by atoms with Crippen LogP contribution in [0, 0.1) is 12.7 Å². The first-order valence-electron chi connectivity index (χ1n) is 12.0. The molecule has 0 saturated carbocycles. The van der Waals surface area contributed by atoms with Gasteiger partial charge in [-0.25, -0.2) is 14.2 Å². The smallest absolute Gasteiger partial charge is 0.350 e. The molecule has 0 saturated heterocycles. The molecule has 1 atom stereocenters. The minimum Gasteiger partial charge on any atom is -0.457 e. The second-order valence-corrected chi connectivity index (χ2v) is 11.0. The number of thiazole rings is 1. The van der Waals surface area contributed by atoms with Crippen molar-refractivity contribution in [3.8, 4) is 0 Å². The van der Waals surface area contributed by atoms with Crippen LogP contribution in [-0.2, 0) is 10.2 Å². The fourth-order valence-corrected chi connectivity index (χ4v) is 5.49. The van der Waals surface area contributed by atoms with Gasteiger partial charge in [0.25, 0.3) is 5.91 Å². The number of esters is 1. The van der Waals surface area contributed by atoms with Crippen molar-refractivity contribution in [2.75, 3.05) is 11.5 Å². The molecule has 194 valence electrons. The maximum atomic E-state index is 14.1. The summed E-state index contributed by atoms with van der Waals surface area (Å²) in [7, 11) is 0. The van der Waals surface area contributed by atoms with Crippen molar-refractivity contribution in [1.82, 2.24) is 4.98 Å². The fourth-order valence-electron chi connectivity index (χ4n) is 4.50. The summed E-state index contributed by atoms with van der Waals surface area (Å²) in [5.41, 5.74) is 1.70. The molecule has 9 heteroatoms. The maximum absolute atomic E-state index is 14.1. The van der Waals surface area contributed by atoms with Crippen molar-refractivity contribution in [2.24, 2.45) is 0 Å². The first kappa shape index (κ1) is 25.5. The number of hydrogen-bond donors (Lipinski definition) is 0. The Bertz CT molecular complexity index is 1660. The molecule has 7 nitrogen and oxygen atoms in total. The highest BCUT2D eigenvalue weighted by Gasteiger charge is 2.45. The topological polar surface area (TPSA) is 89.7 Å². The fraction of sp³-hybridized carbons (Fsp3) is 0.241. The van der Waals surface area contributed by atoms with Crippen molar-refractivity contribution in [3.05, 3.63) is 104 Å². The number of benzene rings is 2. The zero-order valence-corrected chi connectivity index (χ0v) is 22.1. The molecule has 0 radical (unpaired) electrons. The van der Waals surface area contributed by atoms with Gasteiger partial charge in [0.15, 0.2) is 10.6 Å². The van der Waals surface area contributed by atoms with Gasteiger partial charge in [0.05, 0.1) is 22.7 Å². The number of anilines is 1. The first-order chi connectivity index (χ1) is 18.0. The summed E-state index contributed by atoms with van der Waals surface area (Å²) >= 11 is 0.990. The summed E-state index contributed by atoms with van der Waals surface area (Å²) in [4.78, 5) is 46.1. The van der Waals surface area contributed by atoms with Crippen molar-refractivity contribution in [2.45, 2.75) is 39.2 Å². The van der Waals surface area contributed by atoms with Crippen molar-refractivity contribution < 1.29 is 23.1 Å². The number of carbonyl (C=O) groups excluding carboxylic acids is 2. The van der Waals surface area contributed by atoms with E-state index in [-0.39, 0.29) is 44.3 Å². The number of carbonyl (C=O) groups is 2. The van der Waals surface area contributed by atoms with E-state index in [2.05, 4.69) is 32.3 Å². The van der Waals surface area contributed by atoms with Gasteiger partial charge in [-0.05, 0) is 41.7 Å². The molecule has 0 bridgehead atoms. The molecule has 0 N–H and O–H groups in total. The zero-order valence-electron chi connectivity index (χ0n) is 21.3. The van der Waals surface area contributed by atoms with E-state index in [0.29, 0.717) is 11.3 Å². The van der Waals surface area contributed by atoms with Crippen LogP contribution in [0.25, 0.3) is 11.0 Å². The average Bonchev–Trinajstić information content (AvgIpc) is 3.40. The zero-order chi connectivity index (χ0) is 27.4. The predicted octanol–water partition coefficient (Wildman–Crippen LogP) is 6.09. The Labute approximate surface area is 222 Å². The molecule has 0 spiro atoms. The number of ether oxygens (including phenoxy) is 1. The molecule has 1 unspecified atom stereocenters. The number of rotatable bonds is 5. The van der Waals surface area contributed by atoms with Crippen molar-refractivity contribution in [3.63, 3.8) is 0 Å². The third kappa shape index (κ3) is 4.22. The molecule has 2 aromatic carbocycles. The Balaban J connectivity index is 1.71. The number of nitrogens with zero attached hydrogens (tertiary/aromatic N) is 2. The molecule has 4 aromatic rings. The lowest BCUT2D eigenvalue weighted by atomic mass is 9.86.